The Morgan fingerprint density at radius 1 is 1.50 bits per heavy atom. The summed E-state index contributed by atoms with van der Waals surface area (Å²) in [6.45, 7) is 3.93. The second-order valence-electron chi connectivity index (χ2n) is 3.89. The van der Waals surface area contributed by atoms with Crippen molar-refractivity contribution >= 4 is 40.1 Å². The van der Waals surface area contributed by atoms with Crippen LogP contribution in [0.2, 0.25) is 10.3 Å². The number of esters is 1. The van der Waals surface area contributed by atoms with E-state index in [9.17, 15) is 4.79 Å². The number of carbonyl (C=O) groups is 1. The lowest BCUT2D eigenvalue weighted by Gasteiger charge is -2.05. The quantitative estimate of drug-likeness (QED) is 0.628. The zero-order valence-electron chi connectivity index (χ0n) is 10.3. The maximum atomic E-state index is 11.9. The first-order valence-corrected chi connectivity index (χ1v) is 6.21. The Morgan fingerprint density at radius 3 is 2.78 bits per heavy atom. The fraction of sp³-hybridized carbons (Fsp3) is 0.333. The van der Waals surface area contributed by atoms with Crippen molar-refractivity contribution in [3.63, 3.8) is 0 Å². The summed E-state index contributed by atoms with van der Waals surface area (Å²) < 4.78 is 6.72. The van der Waals surface area contributed by atoms with E-state index in [1.807, 2.05) is 6.92 Å². The number of hydrogen-bond acceptors (Lipinski definition) is 3. The minimum absolute atomic E-state index is 0.277. The predicted molar refractivity (Wildman–Crippen MR) is 71.4 cm³/mol. The molecule has 0 N–H and O–H groups in total. The van der Waals surface area contributed by atoms with E-state index in [1.54, 1.807) is 24.6 Å². The molecule has 0 atom stereocenters. The highest BCUT2D eigenvalue weighted by molar-refractivity contribution is 6.36. The van der Waals surface area contributed by atoms with Crippen LogP contribution < -0.4 is 0 Å². The molecule has 96 valence electrons. The van der Waals surface area contributed by atoms with Crippen LogP contribution in [0.5, 0.6) is 0 Å². The fourth-order valence-electron chi connectivity index (χ4n) is 2.06. The van der Waals surface area contributed by atoms with Crippen LogP contribution in [-0.2, 0) is 11.8 Å². The molecule has 0 spiro atoms. The van der Waals surface area contributed by atoms with Gasteiger partial charge in [0.25, 0.3) is 0 Å². The van der Waals surface area contributed by atoms with Crippen molar-refractivity contribution in [1.29, 1.82) is 0 Å². The number of halogens is 2. The van der Waals surface area contributed by atoms with Crippen molar-refractivity contribution in [3.05, 3.63) is 27.6 Å². The first-order valence-electron chi connectivity index (χ1n) is 5.45. The number of ether oxygens (including phenoxy) is 1. The van der Waals surface area contributed by atoms with Crippen LogP contribution in [0.3, 0.4) is 0 Å². The molecule has 0 aliphatic carbocycles. The molecule has 2 heterocycles. The molecule has 2 aromatic rings. The number of pyridine rings is 1. The highest BCUT2D eigenvalue weighted by Gasteiger charge is 2.21. The maximum Gasteiger partial charge on any atom is 0.355 e. The van der Waals surface area contributed by atoms with Crippen LogP contribution in [-0.4, -0.2) is 22.1 Å². The van der Waals surface area contributed by atoms with Gasteiger partial charge >= 0.3 is 5.97 Å². The van der Waals surface area contributed by atoms with Crippen LogP contribution in [0, 0.1) is 6.92 Å². The third-order valence-electron chi connectivity index (χ3n) is 2.82. The molecule has 0 radical (unpaired) electrons. The SMILES string of the molecule is CCOC(=O)c1c(C)c2cc(Cl)nc(Cl)c2n1C. The second kappa shape index (κ2) is 4.78. The molecule has 0 bridgehead atoms. The van der Waals surface area contributed by atoms with Gasteiger partial charge in [-0.1, -0.05) is 23.2 Å². The van der Waals surface area contributed by atoms with Crippen molar-refractivity contribution in [1.82, 2.24) is 9.55 Å². The lowest BCUT2D eigenvalue weighted by molar-refractivity contribution is 0.0515. The average molecular weight is 287 g/mol. The van der Waals surface area contributed by atoms with E-state index in [1.165, 1.54) is 0 Å². The third kappa shape index (κ3) is 1.95. The number of rotatable bonds is 2. The summed E-state index contributed by atoms with van der Waals surface area (Å²) in [6, 6.07) is 1.70. The average Bonchev–Trinajstić information content (AvgIpc) is 2.51. The van der Waals surface area contributed by atoms with Crippen LogP contribution in [0.15, 0.2) is 6.07 Å². The summed E-state index contributed by atoms with van der Waals surface area (Å²) in [4.78, 5) is 15.9. The van der Waals surface area contributed by atoms with Crippen molar-refractivity contribution in [2.24, 2.45) is 7.05 Å². The predicted octanol–water partition coefficient (Wildman–Crippen LogP) is 3.37. The first kappa shape index (κ1) is 13.2. The summed E-state index contributed by atoms with van der Waals surface area (Å²) in [5, 5.41) is 1.39. The molecule has 18 heavy (non-hydrogen) atoms. The van der Waals surface area contributed by atoms with Gasteiger partial charge in [-0.3, -0.25) is 0 Å². The van der Waals surface area contributed by atoms with Crippen LogP contribution in [0.1, 0.15) is 23.0 Å². The lowest BCUT2D eigenvalue weighted by Crippen LogP contribution is -2.11. The maximum absolute atomic E-state index is 11.9. The summed E-state index contributed by atoms with van der Waals surface area (Å²) in [7, 11) is 1.75. The van der Waals surface area contributed by atoms with Gasteiger partial charge in [-0.05, 0) is 25.5 Å². The Balaban J connectivity index is 2.77. The monoisotopic (exact) mass is 286 g/mol. The van der Waals surface area contributed by atoms with Crippen LogP contribution in [0.25, 0.3) is 10.9 Å². The summed E-state index contributed by atoms with van der Waals surface area (Å²) >= 11 is 11.9. The highest BCUT2D eigenvalue weighted by Crippen LogP contribution is 2.31. The zero-order chi connectivity index (χ0) is 13.4. The normalized spacial score (nSPS) is 10.9. The minimum Gasteiger partial charge on any atom is -0.461 e. The van der Waals surface area contributed by atoms with E-state index in [0.29, 0.717) is 23.0 Å². The molecular formula is C12H12Cl2N2O2. The molecule has 0 saturated carbocycles. The molecular weight excluding hydrogens is 275 g/mol. The van der Waals surface area contributed by atoms with Gasteiger partial charge in [-0.25, -0.2) is 9.78 Å². The van der Waals surface area contributed by atoms with Crippen LogP contribution in [0.4, 0.5) is 0 Å². The summed E-state index contributed by atoms with van der Waals surface area (Å²) in [5.74, 6) is -0.374. The molecule has 0 fully saturated rings. The number of aromatic nitrogens is 2. The lowest BCUT2D eigenvalue weighted by atomic mass is 10.2. The molecule has 4 nitrogen and oxygen atoms in total. The van der Waals surface area contributed by atoms with Gasteiger partial charge in [0, 0.05) is 12.4 Å². The molecule has 2 rings (SSSR count). The number of hydrogen-bond donors (Lipinski definition) is 0. The molecule has 0 aliphatic heterocycles. The number of nitrogens with zero attached hydrogens (tertiary/aromatic N) is 2. The molecule has 0 aromatic carbocycles. The molecule has 0 saturated heterocycles. The van der Waals surface area contributed by atoms with Gasteiger partial charge in [0.05, 0.1) is 12.1 Å². The molecule has 0 aliphatic rings. The van der Waals surface area contributed by atoms with Crippen molar-refractivity contribution < 1.29 is 9.53 Å². The smallest absolute Gasteiger partial charge is 0.355 e. The Bertz CT molecular complexity index is 635. The highest BCUT2D eigenvalue weighted by atomic mass is 35.5. The third-order valence-corrected chi connectivity index (χ3v) is 3.27. The topological polar surface area (TPSA) is 44.1 Å². The van der Waals surface area contributed by atoms with E-state index in [4.69, 9.17) is 27.9 Å². The van der Waals surface area contributed by atoms with Crippen molar-refractivity contribution in [2.75, 3.05) is 6.61 Å². The largest absolute Gasteiger partial charge is 0.461 e. The zero-order valence-corrected chi connectivity index (χ0v) is 11.8. The number of aryl methyl sites for hydroxylation is 2. The Kier molecular flexibility index (Phi) is 3.50. The van der Waals surface area contributed by atoms with Crippen molar-refractivity contribution in [3.8, 4) is 0 Å². The Labute approximate surface area is 114 Å². The second-order valence-corrected chi connectivity index (χ2v) is 4.63. The Hall–Kier alpha value is -1.26. The number of carbonyl (C=O) groups excluding carboxylic acids is 1. The van der Waals surface area contributed by atoms with Gasteiger partial charge < -0.3 is 9.30 Å². The van der Waals surface area contributed by atoms with Crippen molar-refractivity contribution in [2.45, 2.75) is 13.8 Å². The fourth-order valence-corrected chi connectivity index (χ4v) is 2.62. The Morgan fingerprint density at radius 2 is 2.17 bits per heavy atom. The van der Waals surface area contributed by atoms with Crippen LogP contribution >= 0.6 is 23.2 Å². The van der Waals surface area contributed by atoms with Gasteiger partial charge in [-0.15, -0.1) is 0 Å². The molecule has 0 amide bonds. The van der Waals surface area contributed by atoms with Gasteiger partial charge in [-0.2, -0.15) is 0 Å². The molecule has 6 heteroatoms. The standard InChI is InChI=1S/C12H12Cl2N2O2/c1-4-18-12(17)9-6(2)7-5-8(13)15-11(14)10(7)16(9)3/h5H,4H2,1-3H3. The summed E-state index contributed by atoms with van der Waals surface area (Å²) in [5.41, 5.74) is 1.94. The van der Waals surface area contributed by atoms with E-state index in [2.05, 4.69) is 4.98 Å². The first-order chi connectivity index (χ1) is 8.47. The van der Waals surface area contributed by atoms with E-state index < -0.39 is 0 Å². The van der Waals surface area contributed by atoms with E-state index in [0.717, 1.165) is 10.9 Å². The molecule has 0 unspecified atom stereocenters. The van der Waals surface area contributed by atoms with E-state index in [-0.39, 0.29) is 11.1 Å². The van der Waals surface area contributed by atoms with Gasteiger partial charge in [0.15, 0.2) is 5.15 Å². The van der Waals surface area contributed by atoms with Gasteiger partial charge in [0.2, 0.25) is 0 Å². The number of fused-ring (bicyclic) bond motifs is 1. The van der Waals surface area contributed by atoms with E-state index >= 15 is 0 Å². The summed E-state index contributed by atoms with van der Waals surface area (Å²) in [6.07, 6.45) is 0. The molecule has 2 aromatic heterocycles. The van der Waals surface area contributed by atoms with Gasteiger partial charge in [0.1, 0.15) is 10.8 Å². The minimum atomic E-state index is -0.374.